The van der Waals surface area contributed by atoms with E-state index in [1.807, 2.05) is 0 Å². The predicted molar refractivity (Wildman–Crippen MR) is 68.6 cm³/mol. The Morgan fingerprint density at radius 1 is 0.643 bits per heavy atom. The molecule has 84 valence electrons. The summed E-state index contributed by atoms with van der Waals surface area (Å²) in [6.07, 6.45) is 13.6. The Bertz CT molecular complexity index is 136. The number of hydrogen-bond donors (Lipinski definition) is 0. The SMILES string of the molecule is C[Si](C)(C)C1CCCCCCCCC1. The molecule has 1 rings (SSSR count). The second-order valence-electron chi connectivity index (χ2n) is 6.12. The molecule has 0 aliphatic heterocycles. The highest BCUT2D eigenvalue weighted by Gasteiger charge is 2.25. The van der Waals surface area contributed by atoms with Crippen LogP contribution in [0.4, 0.5) is 0 Å². The Balaban J connectivity index is 2.38. The highest BCUT2D eigenvalue weighted by Crippen LogP contribution is 2.33. The Kier molecular flexibility index (Phi) is 5.22. The van der Waals surface area contributed by atoms with E-state index >= 15 is 0 Å². The summed E-state index contributed by atoms with van der Waals surface area (Å²) < 4.78 is 0. The first-order valence-corrected chi connectivity index (χ1v) is 10.2. The van der Waals surface area contributed by atoms with Crippen LogP contribution < -0.4 is 0 Å². The van der Waals surface area contributed by atoms with Gasteiger partial charge in [-0.1, -0.05) is 77.4 Å². The largest absolute Gasteiger partial charge is 0.0693 e. The van der Waals surface area contributed by atoms with Gasteiger partial charge < -0.3 is 0 Å². The van der Waals surface area contributed by atoms with Crippen molar-refractivity contribution in [2.24, 2.45) is 0 Å². The van der Waals surface area contributed by atoms with E-state index in [0.717, 1.165) is 5.54 Å². The third kappa shape index (κ3) is 4.63. The van der Waals surface area contributed by atoms with Crippen molar-refractivity contribution in [1.29, 1.82) is 0 Å². The van der Waals surface area contributed by atoms with Gasteiger partial charge in [0, 0.05) is 8.07 Å². The van der Waals surface area contributed by atoms with Crippen LogP contribution in [-0.2, 0) is 0 Å². The molecule has 0 heterocycles. The van der Waals surface area contributed by atoms with Crippen molar-refractivity contribution >= 4 is 8.07 Å². The van der Waals surface area contributed by atoms with Crippen LogP contribution in [0, 0.1) is 0 Å². The van der Waals surface area contributed by atoms with Gasteiger partial charge in [0.15, 0.2) is 0 Å². The Hall–Kier alpha value is 0.217. The second kappa shape index (κ2) is 5.94. The van der Waals surface area contributed by atoms with E-state index in [1.165, 1.54) is 57.8 Å². The van der Waals surface area contributed by atoms with Gasteiger partial charge in [-0.05, 0) is 5.54 Å². The molecule has 14 heavy (non-hydrogen) atoms. The standard InChI is InChI=1S/C13H28Si/c1-14(2,3)13-11-9-7-5-4-6-8-10-12-13/h13H,4-12H2,1-3H3. The minimum absolute atomic E-state index is 0.850. The van der Waals surface area contributed by atoms with Crippen molar-refractivity contribution in [1.82, 2.24) is 0 Å². The van der Waals surface area contributed by atoms with Crippen molar-refractivity contribution in [2.75, 3.05) is 0 Å². The molecule has 0 radical (unpaired) electrons. The highest BCUT2D eigenvalue weighted by atomic mass is 28.3. The maximum Gasteiger partial charge on any atom is 0.0473 e. The van der Waals surface area contributed by atoms with E-state index in [4.69, 9.17) is 0 Å². The fourth-order valence-electron chi connectivity index (χ4n) is 2.68. The summed E-state index contributed by atoms with van der Waals surface area (Å²) in [4.78, 5) is 0. The third-order valence-electron chi connectivity index (χ3n) is 3.83. The lowest BCUT2D eigenvalue weighted by Gasteiger charge is -2.29. The fourth-order valence-corrected chi connectivity index (χ4v) is 4.82. The van der Waals surface area contributed by atoms with E-state index in [9.17, 15) is 0 Å². The molecule has 0 saturated heterocycles. The minimum Gasteiger partial charge on any atom is -0.0693 e. The van der Waals surface area contributed by atoms with Crippen molar-refractivity contribution in [2.45, 2.75) is 83.0 Å². The van der Waals surface area contributed by atoms with Gasteiger partial charge in [0.2, 0.25) is 0 Å². The smallest absolute Gasteiger partial charge is 0.0473 e. The van der Waals surface area contributed by atoms with E-state index < -0.39 is 8.07 Å². The first kappa shape index (κ1) is 12.3. The van der Waals surface area contributed by atoms with Crippen LogP contribution in [0.25, 0.3) is 0 Å². The zero-order chi connectivity index (χ0) is 10.4. The molecular weight excluding hydrogens is 184 g/mol. The van der Waals surface area contributed by atoms with Crippen LogP contribution in [0.3, 0.4) is 0 Å². The molecule has 0 aromatic rings. The van der Waals surface area contributed by atoms with Crippen LogP contribution in [0.15, 0.2) is 0 Å². The van der Waals surface area contributed by atoms with Gasteiger partial charge >= 0.3 is 0 Å². The van der Waals surface area contributed by atoms with Gasteiger partial charge in [-0.25, -0.2) is 0 Å². The van der Waals surface area contributed by atoms with Crippen molar-refractivity contribution in [3.63, 3.8) is 0 Å². The molecular formula is C13H28Si. The lowest BCUT2D eigenvalue weighted by molar-refractivity contribution is 0.497. The first-order chi connectivity index (χ1) is 6.61. The summed E-state index contributed by atoms with van der Waals surface area (Å²) in [5, 5.41) is 0. The van der Waals surface area contributed by atoms with Gasteiger partial charge in [-0.15, -0.1) is 0 Å². The second-order valence-corrected chi connectivity index (χ2v) is 11.7. The fraction of sp³-hybridized carbons (Fsp3) is 1.00. The molecule has 0 nitrogen and oxygen atoms in total. The molecule has 0 atom stereocenters. The summed E-state index contributed by atoms with van der Waals surface area (Å²) in [7, 11) is -0.850. The average molecular weight is 212 g/mol. The molecule has 0 N–H and O–H groups in total. The highest BCUT2D eigenvalue weighted by molar-refractivity contribution is 6.77. The number of rotatable bonds is 1. The third-order valence-corrected chi connectivity index (χ3v) is 6.86. The molecule has 0 aromatic carbocycles. The minimum atomic E-state index is -0.850. The van der Waals surface area contributed by atoms with E-state index in [0.29, 0.717) is 0 Å². The van der Waals surface area contributed by atoms with E-state index in [-0.39, 0.29) is 0 Å². The summed E-state index contributed by atoms with van der Waals surface area (Å²) in [5.41, 5.74) is 1.11. The Morgan fingerprint density at radius 3 is 1.36 bits per heavy atom. The van der Waals surface area contributed by atoms with E-state index in [2.05, 4.69) is 19.6 Å². The maximum atomic E-state index is 2.56. The molecule has 0 amide bonds. The van der Waals surface area contributed by atoms with Gasteiger partial charge in [0.25, 0.3) is 0 Å². The van der Waals surface area contributed by atoms with Crippen LogP contribution in [0.1, 0.15) is 57.8 Å². The number of hydrogen-bond acceptors (Lipinski definition) is 0. The van der Waals surface area contributed by atoms with Gasteiger partial charge in [0.05, 0.1) is 0 Å². The summed E-state index contributed by atoms with van der Waals surface area (Å²) in [6, 6.07) is 0. The molecule has 0 bridgehead atoms. The molecule has 1 heteroatoms. The maximum absolute atomic E-state index is 2.56. The average Bonchev–Trinajstić information content (AvgIpc) is 2.12. The summed E-state index contributed by atoms with van der Waals surface area (Å²) in [6.45, 7) is 7.68. The van der Waals surface area contributed by atoms with E-state index in [1.54, 1.807) is 0 Å². The molecule has 1 saturated carbocycles. The lowest BCUT2D eigenvalue weighted by Crippen LogP contribution is -2.28. The summed E-state index contributed by atoms with van der Waals surface area (Å²) in [5.74, 6) is 0. The topological polar surface area (TPSA) is 0 Å². The molecule has 1 aliphatic carbocycles. The quantitative estimate of drug-likeness (QED) is 0.523. The van der Waals surface area contributed by atoms with Crippen molar-refractivity contribution < 1.29 is 0 Å². The predicted octanol–water partition coefficient (Wildman–Crippen LogP) is 5.22. The zero-order valence-electron chi connectivity index (χ0n) is 10.4. The molecule has 0 spiro atoms. The molecule has 1 aliphatic rings. The van der Waals surface area contributed by atoms with Gasteiger partial charge in [-0.3, -0.25) is 0 Å². The monoisotopic (exact) mass is 212 g/mol. The summed E-state index contributed by atoms with van der Waals surface area (Å²) >= 11 is 0. The molecule has 1 fully saturated rings. The lowest BCUT2D eigenvalue weighted by atomic mass is 10.0. The zero-order valence-corrected chi connectivity index (χ0v) is 11.4. The van der Waals surface area contributed by atoms with Crippen molar-refractivity contribution in [3.8, 4) is 0 Å². The van der Waals surface area contributed by atoms with Crippen LogP contribution in [0.5, 0.6) is 0 Å². The Morgan fingerprint density at radius 2 is 1.00 bits per heavy atom. The van der Waals surface area contributed by atoms with Crippen LogP contribution in [-0.4, -0.2) is 8.07 Å². The first-order valence-electron chi connectivity index (χ1n) is 6.61. The normalized spacial score (nSPS) is 23.4. The van der Waals surface area contributed by atoms with Crippen LogP contribution >= 0.6 is 0 Å². The van der Waals surface area contributed by atoms with Gasteiger partial charge in [-0.2, -0.15) is 0 Å². The van der Waals surface area contributed by atoms with Gasteiger partial charge in [0.1, 0.15) is 0 Å². The van der Waals surface area contributed by atoms with Crippen molar-refractivity contribution in [3.05, 3.63) is 0 Å². The molecule has 0 unspecified atom stereocenters. The van der Waals surface area contributed by atoms with Crippen LogP contribution in [0.2, 0.25) is 25.2 Å². The Labute approximate surface area is 91.5 Å². The molecule has 0 aromatic heterocycles.